The van der Waals surface area contributed by atoms with Crippen LogP contribution in [0.5, 0.6) is 0 Å². The number of aryl methyl sites for hydroxylation is 2. The lowest BCUT2D eigenvalue weighted by Crippen LogP contribution is -1.97. The minimum atomic E-state index is 0.815. The number of nitrogens with zero attached hydrogens (tertiary/aromatic N) is 4. The van der Waals surface area contributed by atoms with E-state index in [1.54, 1.807) is 11.7 Å². The molecule has 14 heavy (non-hydrogen) atoms. The summed E-state index contributed by atoms with van der Waals surface area (Å²) in [5, 5.41) is 8.56. The van der Waals surface area contributed by atoms with E-state index in [0.29, 0.717) is 0 Å². The fraction of sp³-hybridized carbons (Fsp3) is 0.333. The smallest absolute Gasteiger partial charge is 0.167 e. The average Bonchev–Trinajstić information content (AvgIpc) is 2.71. The van der Waals surface area contributed by atoms with Crippen molar-refractivity contribution in [3.63, 3.8) is 0 Å². The maximum atomic E-state index is 4.48. The third-order valence-corrected chi connectivity index (χ3v) is 2.68. The summed E-state index contributed by atoms with van der Waals surface area (Å²) in [6, 6.07) is 0. The van der Waals surface area contributed by atoms with Gasteiger partial charge in [-0.3, -0.25) is 4.98 Å². The van der Waals surface area contributed by atoms with Crippen LogP contribution in [0.25, 0.3) is 10.7 Å². The summed E-state index contributed by atoms with van der Waals surface area (Å²) in [4.78, 5) is 8.76. The van der Waals surface area contributed by atoms with Crippen LogP contribution in [-0.4, -0.2) is 20.2 Å². The van der Waals surface area contributed by atoms with Gasteiger partial charge in [0.25, 0.3) is 0 Å². The van der Waals surface area contributed by atoms with E-state index < -0.39 is 0 Å². The molecule has 0 spiro atoms. The van der Waals surface area contributed by atoms with Crippen molar-refractivity contribution < 1.29 is 0 Å². The molecule has 0 saturated carbocycles. The molecule has 2 aromatic heterocycles. The van der Waals surface area contributed by atoms with Gasteiger partial charge in [-0.1, -0.05) is 18.3 Å². The molecule has 0 aliphatic carbocycles. The molecule has 0 aromatic carbocycles. The zero-order valence-electron chi connectivity index (χ0n) is 8.06. The molecule has 0 amide bonds. The lowest BCUT2D eigenvalue weighted by Gasteiger charge is -2.01. The number of aromatic nitrogens is 4. The quantitative estimate of drug-likeness (QED) is 0.752. The monoisotopic (exact) mass is 206 g/mol. The number of hydrogen-bond acceptors (Lipinski definition) is 5. The molecule has 2 rings (SSSR count). The van der Waals surface area contributed by atoms with Crippen molar-refractivity contribution in [3.05, 3.63) is 23.1 Å². The van der Waals surface area contributed by atoms with E-state index in [-0.39, 0.29) is 0 Å². The third-order valence-electron chi connectivity index (χ3n) is 1.97. The Morgan fingerprint density at radius 3 is 2.93 bits per heavy atom. The van der Waals surface area contributed by atoms with Crippen LogP contribution in [-0.2, 0) is 6.42 Å². The van der Waals surface area contributed by atoms with Crippen molar-refractivity contribution in [2.45, 2.75) is 20.3 Å². The molecule has 0 radical (unpaired) electrons. The number of hydrogen-bond donors (Lipinski definition) is 0. The first-order chi connectivity index (χ1) is 6.81. The van der Waals surface area contributed by atoms with Crippen molar-refractivity contribution in [2.75, 3.05) is 0 Å². The Labute approximate surface area is 86.1 Å². The van der Waals surface area contributed by atoms with Gasteiger partial charge in [0.05, 0.1) is 17.6 Å². The molecule has 0 atom stereocenters. The zero-order valence-corrected chi connectivity index (χ0v) is 8.88. The molecule has 0 aliphatic heterocycles. The normalized spacial score (nSPS) is 10.4. The van der Waals surface area contributed by atoms with Gasteiger partial charge in [-0.2, -0.15) is 0 Å². The third kappa shape index (κ3) is 1.63. The van der Waals surface area contributed by atoms with Gasteiger partial charge in [-0.05, 0) is 13.3 Å². The van der Waals surface area contributed by atoms with E-state index >= 15 is 0 Å². The summed E-state index contributed by atoms with van der Waals surface area (Å²) in [5.74, 6) is 0. The van der Waals surface area contributed by atoms with Crippen molar-refractivity contribution in [1.29, 1.82) is 0 Å². The molecule has 2 heterocycles. The van der Waals surface area contributed by atoms with Gasteiger partial charge in [-0.15, -0.1) is 10.2 Å². The van der Waals surface area contributed by atoms with Gasteiger partial charge in [0.2, 0.25) is 0 Å². The molecule has 0 N–H and O–H groups in total. The molecule has 2 aromatic rings. The van der Waals surface area contributed by atoms with E-state index in [1.165, 1.54) is 11.3 Å². The maximum Gasteiger partial charge on any atom is 0.167 e. The van der Waals surface area contributed by atoms with Crippen LogP contribution in [0.2, 0.25) is 0 Å². The summed E-state index contributed by atoms with van der Waals surface area (Å²) < 4.78 is 0. The highest BCUT2D eigenvalue weighted by Gasteiger charge is 2.06. The van der Waals surface area contributed by atoms with Gasteiger partial charge < -0.3 is 0 Å². The Kier molecular flexibility index (Phi) is 2.49. The molecule has 4 nitrogen and oxygen atoms in total. The molecule has 5 heteroatoms. The van der Waals surface area contributed by atoms with Crippen LogP contribution >= 0.6 is 11.3 Å². The van der Waals surface area contributed by atoms with Crippen molar-refractivity contribution in [3.8, 4) is 10.7 Å². The van der Waals surface area contributed by atoms with Gasteiger partial charge >= 0.3 is 0 Å². The lowest BCUT2D eigenvalue weighted by atomic mass is 10.2. The van der Waals surface area contributed by atoms with E-state index in [9.17, 15) is 0 Å². The summed E-state index contributed by atoms with van der Waals surface area (Å²) >= 11 is 1.48. The van der Waals surface area contributed by atoms with Crippen LogP contribution in [0.1, 0.15) is 18.3 Å². The van der Waals surface area contributed by atoms with Crippen LogP contribution < -0.4 is 0 Å². The lowest BCUT2D eigenvalue weighted by molar-refractivity contribution is 0.956. The topological polar surface area (TPSA) is 51.6 Å². The van der Waals surface area contributed by atoms with Crippen LogP contribution in [0.15, 0.2) is 11.7 Å². The summed E-state index contributed by atoms with van der Waals surface area (Å²) in [7, 11) is 0. The second kappa shape index (κ2) is 3.79. The minimum absolute atomic E-state index is 0.815. The van der Waals surface area contributed by atoms with Gasteiger partial charge in [-0.25, -0.2) is 4.98 Å². The standard InChI is InChI=1S/C9H10N4S/c1-3-7-6(2)10-4-8(12-7)9-13-11-5-14-9/h4-5H,3H2,1-2H3. The molecule has 0 bridgehead atoms. The van der Waals surface area contributed by atoms with E-state index in [1.807, 2.05) is 6.92 Å². The van der Waals surface area contributed by atoms with E-state index in [2.05, 4.69) is 27.1 Å². The number of rotatable bonds is 2. The minimum Gasteiger partial charge on any atom is -0.257 e. The van der Waals surface area contributed by atoms with Crippen LogP contribution in [0, 0.1) is 6.92 Å². The highest BCUT2D eigenvalue weighted by molar-refractivity contribution is 7.12. The van der Waals surface area contributed by atoms with Gasteiger partial charge in [0.1, 0.15) is 11.2 Å². The Balaban J connectivity index is 2.46. The highest BCUT2D eigenvalue weighted by Crippen LogP contribution is 2.18. The summed E-state index contributed by atoms with van der Waals surface area (Å²) in [6.07, 6.45) is 2.64. The predicted octanol–water partition coefficient (Wildman–Crippen LogP) is 1.87. The van der Waals surface area contributed by atoms with Crippen molar-refractivity contribution >= 4 is 11.3 Å². The van der Waals surface area contributed by atoms with Crippen LogP contribution in [0.3, 0.4) is 0 Å². The van der Waals surface area contributed by atoms with Gasteiger partial charge in [0, 0.05) is 0 Å². The zero-order chi connectivity index (χ0) is 9.97. The first kappa shape index (κ1) is 9.21. The average molecular weight is 206 g/mol. The summed E-state index contributed by atoms with van der Waals surface area (Å²) in [6.45, 7) is 4.04. The Bertz CT molecular complexity index is 424. The SMILES string of the molecule is CCc1nc(-c2nncs2)cnc1C. The Morgan fingerprint density at radius 1 is 1.43 bits per heavy atom. The fourth-order valence-corrected chi connectivity index (χ4v) is 1.72. The molecular formula is C9H10N4S. The first-order valence-corrected chi connectivity index (χ1v) is 5.28. The van der Waals surface area contributed by atoms with Crippen molar-refractivity contribution in [2.24, 2.45) is 0 Å². The molecule has 0 aliphatic rings. The van der Waals surface area contributed by atoms with Crippen molar-refractivity contribution in [1.82, 2.24) is 20.2 Å². The predicted molar refractivity (Wildman–Crippen MR) is 55.1 cm³/mol. The Hall–Kier alpha value is -1.36. The molecular weight excluding hydrogens is 196 g/mol. The fourth-order valence-electron chi connectivity index (χ4n) is 1.21. The molecule has 0 unspecified atom stereocenters. The highest BCUT2D eigenvalue weighted by atomic mass is 32.1. The largest absolute Gasteiger partial charge is 0.257 e. The van der Waals surface area contributed by atoms with E-state index in [0.717, 1.165) is 28.5 Å². The summed E-state index contributed by atoms with van der Waals surface area (Å²) in [5.41, 5.74) is 4.52. The van der Waals surface area contributed by atoms with Crippen LogP contribution in [0.4, 0.5) is 0 Å². The second-order valence-corrected chi connectivity index (χ2v) is 3.72. The molecule has 0 fully saturated rings. The Morgan fingerprint density at radius 2 is 2.29 bits per heavy atom. The molecule has 0 saturated heterocycles. The first-order valence-electron chi connectivity index (χ1n) is 4.40. The van der Waals surface area contributed by atoms with E-state index in [4.69, 9.17) is 0 Å². The second-order valence-electron chi connectivity index (χ2n) is 2.88. The molecule has 72 valence electrons. The van der Waals surface area contributed by atoms with Gasteiger partial charge in [0.15, 0.2) is 5.01 Å². The maximum absolute atomic E-state index is 4.48.